The van der Waals surface area contributed by atoms with Crippen LogP contribution in [0.3, 0.4) is 0 Å². The minimum absolute atomic E-state index is 0.0581. The summed E-state index contributed by atoms with van der Waals surface area (Å²) < 4.78 is 5.14. The molecule has 1 amide bonds. The summed E-state index contributed by atoms with van der Waals surface area (Å²) in [5.41, 5.74) is 1.52. The molecule has 0 unspecified atom stereocenters. The summed E-state index contributed by atoms with van der Waals surface area (Å²) in [6.45, 7) is 8.18. The van der Waals surface area contributed by atoms with Crippen LogP contribution >= 0.6 is 11.3 Å². The van der Waals surface area contributed by atoms with E-state index in [1.807, 2.05) is 26.2 Å². The minimum Gasteiger partial charge on any atom is -0.462 e. The summed E-state index contributed by atoms with van der Waals surface area (Å²) in [5, 5.41) is 5.50. The smallest absolute Gasteiger partial charge is 0.341 e. The largest absolute Gasteiger partial charge is 0.462 e. The van der Waals surface area contributed by atoms with Gasteiger partial charge in [-0.15, -0.1) is 11.3 Å². The van der Waals surface area contributed by atoms with Gasteiger partial charge in [-0.3, -0.25) is 4.79 Å². The second-order valence-corrected chi connectivity index (χ2v) is 7.56. The fraction of sp³-hybridized carbons (Fsp3) is 0.625. The van der Waals surface area contributed by atoms with Crippen LogP contribution in [-0.4, -0.2) is 18.5 Å². The molecule has 5 heteroatoms. The first-order valence-electron chi connectivity index (χ1n) is 7.40. The predicted molar refractivity (Wildman–Crippen MR) is 85.0 cm³/mol. The van der Waals surface area contributed by atoms with Crippen molar-refractivity contribution in [2.45, 2.75) is 52.9 Å². The van der Waals surface area contributed by atoms with Gasteiger partial charge in [0.25, 0.3) is 0 Å². The van der Waals surface area contributed by atoms with Gasteiger partial charge in [-0.25, -0.2) is 4.79 Å². The highest BCUT2D eigenvalue weighted by molar-refractivity contribution is 7.15. The predicted octanol–water partition coefficient (Wildman–Crippen LogP) is 4.18. The maximum atomic E-state index is 12.2. The van der Waals surface area contributed by atoms with Crippen LogP contribution < -0.4 is 5.32 Å². The van der Waals surface area contributed by atoms with Crippen LogP contribution in [0.2, 0.25) is 0 Å². The van der Waals surface area contributed by atoms with E-state index in [0.29, 0.717) is 29.5 Å². The van der Waals surface area contributed by atoms with Crippen LogP contribution in [-0.2, 0) is 9.53 Å². The molecule has 4 nitrogen and oxygen atoms in total. The summed E-state index contributed by atoms with van der Waals surface area (Å²) in [6, 6.07) is 0. The summed E-state index contributed by atoms with van der Waals surface area (Å²) in [7, 11) is 0. The molecular weight excluding hydrogens is 286 g/mol. The second-order valence-electron chi connectivity index (χ2n) is 6.68. The van der Waals surface area contributed by atoms with Crippen molar-refractivity contribution in [2.75, 3.05) is 11.9 Å². The van der Waals surface area contributed by atoms with Gasteiger partial charge in [0.05, 0.1) is 12.2 Å². The normalized spacial score (nSPS) is 14.9. The van der Waals surface area contributed by atoms with E-state index in [-0.39, 0.29) is 17.3 Å². The first kappa shape index (κ1) is 16.0. The van der Waals surface area contributed by atoms with Gasteiger partial charge >= 0.3 is 5.97 Å². The number of hydrogen-bond donors (Lipinski definition) is 1. The molecule has 0 aliphatic heterocycles. The third-order valence-corrected chi connectivity index (χ3v) is 4.17. The first-order valence-corrected chi connectivity index (χ1v) is 8.28. The Kier molecular flexibility index (Phi) is 4.71. The van der Waals surface area contributed by atoms with Gasteiger partial charge in [-0.05, 0) is 42.0 Å². The van der Waals surface area contributed by atoms with Gasteiger partial charge < -0.3 is 10.1 Å². The van der Waals surface area contributed by atoms with Crippen LogP contribution in [0.1, 0.15) is 68.8 Å². The van der Waals surface area contributed by atoms with Crippen LogP contribution in [0.25, 0.3) is 0 Å². The molecule has 0 saturated heterocycles. The van der Waals surface area contributed by atoms with Gasteiger partial charge in [0, 0.05) is 6.42 Å². The second kappa shape index (κ2) is 6.18. The maximum absolute atomic E-state index is 12.2. The van der Waals surface area contributed by atoms with Crippen molar-refractivity contribution < 1.29 is 14.3 Å². The van der Waals surface area contributed by atoms with Crippen molar-refractivity contribution in [3.05, 3.63) is 16.5 Å². The number of thiophene rings is 1. The Hall–Kier alpha value is -1.36. The monoisotopic (exact) mass is 309 g/mol. The molecule has 0 bridgehead atoms. The third-order valence-electron chi connectivity index (χ3n) is 3.26. The van der Waals surface area contributed by atoms with Crippen molar-refractivity contribution in [3.8, 4) is 0 Å². The summed E-state index contributed by atoms with van der Waals surface area (Å²) >= 11 is 1.42. The number of nitrogens with one attached hydrogen (secondary N) is 1. The molecule has 0 atom stereocenters. The number of esters is 1. The lowest BCUT2D eigenvalue weighted by Gasteiger charge is -2.17. The van der Waals surface area contributed by atoms with Crippen molar-refractivity contribution in [1.82, 2.24) is 0 Å². The molecule has 116 valence electrons. The number of hydrogen-bond acceptors (Lipinski definition) is 4. The lowest BCUT2D eigenvalue weighted by Crippen LogP contribution is -2.20. The molecule has 0 spiro atoms. The van der Waals surface area contributed by atoms with E-state index in [1.165, 1.54) is 11.3 Å². The Labute approximate surface area is 129 Å². The van der Waals surface area contributed by atoms with Crippen LogP contribution in [0.15, 0.2) is 5.38 Å². The van der Waals surface area contributed by atoms with E-state index in [0.717, 1.165) is 18.4 Å². The number of ether oxygens (including phenoxy) is 1. The van der Waals surface area contributed by atoms with Crippen LogP contribution in [0, 0.1) is 5.41 Å². The van der Waals surface area contributed by atoms with E-state index < -0.39 is 0 Å². The molecular formula is C16H23NO3S. The van der Waals surface area contributed by atoms with Gasteiger partial charge in [0.1, 0.15) is 5.00 Å². The summed E-state index contributed by atoms with van der Waals surface area (Å²) in [6.07, 6.45) is 2.64. The lowest BCUT2D eigenvalue weighted by atomic mass is 9.92. The average molecular weight is 309 g/mol. The molecule has 21 heavy (non-hydrogen) atoms. The molecule has 1 aliphatic rings. The first-order chi connectivity index (χ1) is 9.81. The zero-order valence-electron chi connectivity index (χ0n) is 13.1. The van der Waals surface area contributed by atoms with E-state index in [2.05, 4.69) is 5.32 Å². The van der Waals surface area contributed by atoms with Crippen molar-refractivity contribution >= 4 is 28.2 Å². The van der Waals surface area contributed by atoms with E-state index in [9.17, 15) is 9.59 Å². The standard InChI is InChI=1S/C16H23NO3S/c1-5-20-15(19)13-11(10-6-7-10)9-21-14(13)17-12(18)8-16(2,3)4/h9-10H,5-8H2,1-4H3,(H,17,18). The summed E-state index contributed by atoms with van der Waals surface area (Å²) in [4.78, 5) is 24.3. The third kappa shape index (κ3) is 4.30. The Morgan fingerprint density at radius 3 is 2.57 bits per heavy atom. The van der Waals surface area contributed by atoms with E-state index in [4.69, 9.17) is 4.74 Å². The number of amides is 1. The molecule has 0 radical (unpaired) electrons. The molecule has 1 aliphatic carbocycles. The molecule has 1 aromatic heterocycles. The Morgan fingerprint density at radius 1 is 1.38 bits per heavy atom. The topological polar surface area (TPSA) is 55.4 Å². The van der Waals surface area contributed by atoms with Crippen LogP contribution in [0.5, 0.6) is 0 Å². The highest BCUT2D eigenvalue weighted by Gasteiger charge is 2.32. The number of carbonyl (C=O) groups excluding carboxylic acids is 2. The van der Waals surface area contributed by atoms with Crippen LogP contribution in [0.4, 0.5) is 5.00 Å². The fourth-order valence-corrected chi connectivity index (χ4v) is 3.27. The highest BCUT2D eigenvalue weighted by atomic mass is 32.1. The number of anilines is 1. The van der Waals surface area contributed by atoms with Gasteiger partial charge in [-0.1, -0.05) is 20.8 Å². The Morgan fingerprint density at radius 2 is 2.05 bits per heavy atom. The molecule has 0 aromatic carbocycles. The Balaban J connectivity index is 2.19. The summed E-state index contributed by atoms with van der Waals surface area (Å²) in [5.74, 6) is 0.0675. The maximum Gasteiger partial charge on any atom is 0.341 e. The number of carbonyl (C=O) groups is 2. The van der Waals surface area contributed by atoms with Gasteiger partial charge in [0.15, 0.2) is 0 Å². The zero-order valence-corrected chi connectivity index (χ0v) is 13.9. The SMILES string of the molecule is CCOC(=O)c1c(C2CC2)csc1NC(=O)CC(C)(C)C. The van der Waals surface area contributed by atoms with E-state index >= 15 is 0 Å². The fourth-order valence-electron chi connectivity index (χ4n) is 2.22. The van der Waals surface area contributed by atoms with E-state index in [1.54, 1.807) is 6.92 Å². The quantitative estimate of drug-likeness (QED) is 0.830. The molecule has 1 N–H and O–H groups in total. The van der Waals surface area contributed by atoms with Crippen molar-refractivity contribution in [3.63, 3.8) is 0 Å². The van der Waals surface area contributed by atoms with Crippen molar-refractivity contribution in [2.24, 2.45) is 5.41 Å². The molecule has 1 fully saturated rings. The highest BCUT2D eigenvalue weighted by Crippen LogP contribution is 2.46. The van der Waals surface area contributed by atoms with Crippen molar-refractivity contribution in [1.29, 1.82) is 0 Å². The van der Waals surface area contributed by atoms with Gasteiger partial charge in [-0.2, -0.15) is 0 Å². The minimum atomic E-state index is -0.327. The zero-order chi connectivity index (χ0) is 15.6. The molecule has 1 heterocycles. The lowest BCUT2D eigenvalue weighted by molar-refractivity contribution is -0.117. The average Bonchev–Trinajstić information content (AvgIpc) is 3.09. The Bertz CT molecular complexity index is 538. The molecule has 2 rings (SSSR count). The van der Waals surface area contributed by atoms with Gasteiger partial charge in [0.2, 0.25) is 5.91 Å². The molecule has 1 saturated carbocycles. The number of rotatable bonds is 5. The molecule has 1 aromatic rings.